The molecule has 5 nitrogen and oxygen atoms in total. The van der Waals surface area contributed by atoms with Crippen molar-refractivity contribution in [3.05, 3.63) is 77.4 Å². The van der Waals surface area contributed by atoms with E-state index in [2.05, 4.69) is 5.10 Å². The molecule has 1 atom stereocenters. The smallest absolute Gasteiger partial charge is 0.167 e. The number of hydrogen-bond acceptors (Lipinski definition) is 4. The van der Waals surface area contributed by atoms with Crippen LogP contribution in [0, 0.1) is 12.7 Å². The van der Waals surface area contributed by atoms with Gasteiger partial charge in [0.1, 0.15) is 11.6 Å². The van der Waals surface area contributed by atoms with Gasteiger partial charge in [-0.05, 0) is 36.8 Å². The summed E-state index contributed by atoms with van der Waals surface area (Å²) in [7, 11) is 0. The summed E-state index contributed by atoms with van der Waals surface area (Å²) < 4.78 is 20.5. The highest BCUT2D eigenvalue weighted by Gasteiger charge is 2.30. The molecule has 1 aliphatic rings. The van der Waals surface area contributed by atoms with E-state index in [1.807, 2.05) is 19.1 Å². The van der Waals surface area contributed by atoms with E-state index in [-0.39, 0.29) is 17.5 Å². The number of aryl methyl sites for hydroxylation is 1. The van der Waals surface area contributed by atoms with Crippen LogP contribution in [0.5, 0.6) is 0 Å². The van der Waals surface area contributed by atoms with Crippen LogP contribution in [0.2, 0.25) is 0 Å². The zero-order valence-corrected chi connectivity index (χ0v) is 14.6. The van der Waals surface area contributed by atoms with Crippen LogP contribution in [0.25, 0.3) is 16.8 Å². The Labute approximate surface area is 154 Å². The van der Waals surface area contributed by atoms with Crippen LogP contribution in [0.4, 0.5) is 4.39 Å². The molecule has 134 valence electrons. The van der Waals surface area contributed by atoms with Crippen molar-refractivity contribution in [1.29, 1.82) is 0 Å². The third-order valence-corrected chi connectivity index (χ3v) is 5.11. The molecule has 0 saturated heterocycles. The molecule has 0 spiro atoms. The van der Waals surface area contributed by atoms with Crippen molar-refractivity contribution in [2.75, 3.05) is 0 Å². The lowest BCUT2D eigenvalue weighted by Gasteiger charge is -2.21. The summed E-state index contributed by atoms with van der Waals surface area (Å²) in [5.41, 5.74) is 4.52. The van der Waals surface area contributed by atoms with Gasteiger partial charge < -0.3 is 4.42 Å². The molecule has 27 heavy (non-hydrogen) atoms. The van der Waals surface area contributed by atoms with E-state index in [4.69, 9.17) is 9.40 Å². The standard InChI is InChI=1S/C21H16FN3O2/c1-12-20(13-4-6-15(22)7-5-13)21-23-17-9-14(19-3-2-8-27-19)10-18(26)16(17)11-25(21)24-12/h2-8,11,14H,9-10H2,1H3. The third kappa shape index (κ3) is 2.56. The fourth-order valence-corrected chi connectivity index (χ4v) is 3.82. The lowest BCUT2D eigenvalue weighted by atomic mass is 9.85. The second-order valence-electron chi connectivity index (χ2n) is 6.88. The van der Waals surface area contributed by atoms with Gasteiger partial charge in [0, 0.05) is 30.5 Å². The monoisotopic (exact) mass is 361 g/mol. The van der Waals surface area contributed by atoms with Crippen molar-refractivity contribution in [2.24, 2.45) is 0 Å². The molecule has 6 heteroatoms. The number of aromatic nitrogens is 3. The molecule has 0 saturated carbocycles. The Bertz CT molecular complexity index is 1160. The molecule has 4 aromatic rings. The minimum absolute atomic E-state index is 0.00626. The average molecular weight is 361 g/mol. The third-order valence-electron chi connectivity index (χ3n) is 5.11. The number of nitrogens with zero attached hydrogens (tertiary/aromatic N) is 3. The minimum atomic E-state index is -0.287. The van der Waals surface area contributed by atoms with Gasteiger partial charge in [0.2, 0.25) is 0 Å². The number of Topliss-reactive ketones (excluding diaryl/α,β-unsaturated/α-hetero) is 1. The average Bonchev–Trinajstić information content (AvgIpc) is 3.28. The van der Waals surface area contributed by atoms with Crippen LogP contribution >= 0.6 is 0 Å². The van der Waals surface area contributed by atoms with Crippen LogP contribution in [0.1, 0.15) is 39.8 Å². The summed E-state index contributed by atoms with van der Waals surface area (Å²) in [6, 6.07) is 10.0. The van der Waals surface area contributed by atoms with Crippen LogP contribution in [-0.4, -0.2) is 20.4 Å². The second kappa shape index (κ2) is 5.87. The number of benzene rings is 1. The number of furan rings is 1. The lowest BCUT2D eigenvalue weighted by Crippen LogP contribution is -2.21. The first kappa shape index (κ1) is 15.9. The normalized spacial score (nSPS) is 16.7. The van der Waals surface area contributed by atoms with Crippen molar-refractivity contribution in [3.63, 3.8) is 0 Å². The molecule has 3 aromatic heterocycles. The summed E-state index contributed by atoms with van der Waals surface area (Å²) in [5, 5.41) is 4.51. The fraction of sp³-hybridized carbons (Fsp3) is 0.190. The van der Waals surface area contributed by atoms with Crippen LogP contribution < -0.4 is 0 Å². The minimum Gasteiger partial charge on any atom is -0.469 e. The SMILES string of the molecule is Cc1nn2cc3c(nc2c1-c1ccc(F)cc1)CC(c1ccco1)CC3=O. The molecular weight excluding hydrogens is 345 g/mol. The van der Waals surface area contributed by atoms with E-state index in [0.29, 0.717) is 24.1 Å². The maximum Gasteiger partial charge on any atom is 0.167 e. The lowest BCUT2D eigenvalue weighted by molar-refractivity contribution is 0.0958. The van der Waals surface area contributed by atoms with Gasteiger partial charge in [-0.15, -0.1) is 0 Å². The fourth-order valence-electron chi connectivity index (χ4n) is 3.82. The molecule has 1 unspecified atom stereocenters. The summed E-state index contributed by atoms with van der Waals surface area (Å²) in [6.45, 7) is 1.89. The van der Waals surface area contributed by atoms with Gasteiger partial charge in [-0.3, -0.25) is 4.79 Å². The van der Waals surface area contributed by atoms with Gasteiger partial charge in [0.05, 0.1) is 23.2 Å². The van der Waals surface area contributed by atoms with Crippen molar-refractivity contribution in [3.8, 4) is 11.1 Å². The van der Waals surface area contributed by atoms with Crippen LogP contribution in [0.15, 0.2) is 53.3 Å². The van der Waals surface area contributed by atoms with Gasteiger partial charge in [-0.25, -0.2) is 13.9 Å². The number of ketones is 1. The Hall–Kier alpha value is -3.28. The zero-order valence-electron chi connectivity index (χ0n) is 14.6. The van der Waals surface area contributed by atoms with Crippen molar-refractivity contribution < 1.29 is 13.6 Å². The van der Waals surface area contributed by atoms with Crippen LogP contribution in [0.3, 0.4) is 0 Å². The van der Waals surface area contributed by atoms with Crippen molar-refractivity contribution in [2.45, 2.75) is 25.7 Å². The van der Waals surface area contributed by atoms with E-state index in [9.17, 15) is 9.18 Å². The van der Waals surface area contributed by atoms with E-state index in [0.717, 1.165) is 28.3 Å². The molecule has 3 heterocycles. The number of fused-ring (bicyclic) bond motifs is 2. The molecule has 0 fully saturated rings. The van der Waals surface area contributed by atoms with Gasteiger partial charge in [0.15, 0.2) is 11.4 Å². The number of rotatable bonds is 2. The van der Waals surface area contributed by atoms with Crippen molar-refractivity contribution >= 4 is 11.4 Å². The van der Waals surface area contributed by atoms with Gasteiger partial charge in [-0.1, -0.05) is 12.1 Å². The topological polar surface area (TPSA) is 60.4 Å². The Morgan fingerprint density at radius 3 is 2.74 bits per heavy atom. The molecule has 1 aliphatic carbocycles. The summed E-state index contributed by atoms with van der Waals surface area (Å²) in [4.78, 5) is 17.5. The Morgan fingerprint density at radius 1 is 1.19 bits per heavy atom. The number of carbonyl (C=O) groups is 1. The van der Waals surface area contributed by atoms with E-state index in [1.165, 1.54) is 12.1 Å². The zero-order chi connectivity index (χ0) is 18.5. The van der Waals surface area contributed by atoms with Gasteiger partial charge in [-0.2, -0.15) is 5.10 Å². The Kier molecular flexibility index (Phi) is 3.47. The maximum absolute atomic E-state index is 13.3. The first-order valence-electron chi connectivity index (χ1n) is 8.81. The number of halogens is 1. The second-order valence-corrected chi connectivity index (χ2v) is 6.88. The summed E-state index contributed by atoms with van der Waals surface area (Å²) in [6.07, 6.45) is 4.42. The van der Waals surface area contributed by atoms with Gasteiger partial charge in [0.25, 0.3) is 0 Å². The molecule has 1 aromatic carbocycles. The van der Waals surface area contributed by atoms with E-state index >= 15 is 0 Å². The first-order chi connectivity index (χ1) is 13.1. The largest absolute Gasteiger partial charge is 0.469 e. The van der Waals surface area contributed by atoms with Crippen molar-refractivity contribution in [1.82, 2.24) is 14.6 Å². The summed E-state index contributed by atoms with van der Waals surface area (Å²) in [5.74, 6) is 0.556. The molecule has 0 aliphatic heterocycles. The van der Waals surface area contributed by atoms with Crippen LogP contribution in [-0.2, 0) is 6.42 Å². The highest BCUT2D eigenvalue weighted by molar-refractivity contribution is 5.99. The molecular formula is C21H16FN3O2. The Morgan fingerprint density at radius 2 is 2.00 bits per heavy atom. The highest BCUT2D eigenvalue weighted by Crippen LogP contribution is 2.34. The molecule has 0 amide bonds. The Balaban J connectivity index is 1.66. The van der Waals surface area contributed by atoms with E-state index in [1.54, 1.807) is 29.1 Å². The first-order valence-corrected chi connectivity index (χ1v) is 8.81. The number of carbonyl (C=O) groups excluding carboxylic acids is 1. The predicted molar refractivity (Wildman–Crippen MR) is 97.2 cm³/mol. The molecule has 0 bridgehead atoms. The number of hydrogen-bond donors (Lipinski definition) is 0. The molecule has 0 radical (unpaired) electrons. The quantitative estimate of drug-likeness (QED) is 0.533. The highest BCUT2D eigenvalue weighted by atomic mass is 19.1. The maximum atomic E-state index is 13.3. The molecule has 0 N–H and O–H groups in total. The van der Waals surface area contributed by atoms with Gasteiger partial charge >= 0.3 is 0 Å². The van der Waals surface area contributed by atoms with E-state index < -0.39 is 0 Å². The predicted octanol–water partition coefficient (Wildman–Crippen LogP) is 4.35. The molecule has 5 rings (SSSR count). The summed E-state index contributed by atoms with van der Waals surface area (Å²) >= 11 is 0.